The van der Waals surface area contributed by atoms with E-state index in [1.54, 1.807) is 0 Å². The third-order valence-corrected chi connectivity index (χ3v) is 7.48. The fourth-order valence-electron chi connectivity index (χ4n) is 4.16. The van der Waals surface area contributed by atoms with Gasteiger partial charge in [0.05, 0.1) is 13.2 Å². The van der Waals surface area contributed by atoms with Crippen molar-refractivity contribution >= 4 is 19.8 Å². The monoisotopic (exact) mass is 579 g/mol. The molecule has 0 fully saturated rings. The van der Waals surface area contributed by atoms with Gasteiger partial charge in [-0.05, 0) is 12.8 Å². The van der Waals surface area contributed by atoms with Crippen LogP contribution in [0.4, 0.5) is 0 Å². The fraction of sp³-hybridized carbons (Fsp3) is 0.931. The molecule has 39 heavy (non-hydrogen) atoms. The van der Waals surface area contributed by atoms with Gasteiger partial charge in [0.15, 0.2) is 6.10 Å². The van der Waals surface area contributed by atoms with Crippen molar-refractivity contribution in [2.24, 2.45) is 5.73 Å². The Hall–Kier alpha value is -0.990. The molecule has 0 amide bonds. The Labute approximate surface area is 237 Å². The first-order chi connectivity index (χ1) is 18.8. The van der Waals surface area contributed by atoms with Crippen molar-refractivity contribution in [3.05, 3.63) is 0 Å². The van der Waals surface area contributed by atoms with Gasteiger partial charge in [-0.1, -0.05) is 117 Å². The number of rotatable bonds is 29. The van der Waals surface area contributed by atoms with Gasteiger partial charge < -0.3 is 20.1 Å². The topological polar surface area (TPSA) is 134 Å². The molecule has 0 aromatic heterocycles. The van der Waals surface area contributed by atoms with Crippen LogP contribution < -0.4 is 5.73 Å². The van der Waals surface area contributed by atoms with Crippen molar-refractivity contribution in [2.75, 3.05) is 26.4 Å². The summed E-state index contributed by atoms with van der Waals surface area (Å²) in [6.07, 6.45) is 20.1. The zero-order chi connectivity index (χ0) is 29.0. The van der Waals surface area contributed by atoms with Crippen molar-refractivity contribution in [1.82, 2.24) is 0 Å². The highest BCUT2D eigenvalue weighted by Gasteiger charge is 2.25. The molecular weight excluding hydrogens is 521 g/mol. The second kappa shape index (κ2) is 27.2. The van der Waals surface area contributed by atoms with Crippen LogP contribution in [0.2, 0.25) is 0 Å². The molecule has 232 valence electrons. The van der Waals surface area contributed by atoms with E-state index in [0.29, 0.717) is 6.42 Å². The molecule has 0 rings (SSSR count). The standard InChI is InChI=1S/C29H58NO8P/c1-3-5-7-9-11-12-13-14-16-17-19-21-28(31)35-25-27(26-37-39(33,34)36-24-23-30)38-29(32)22-20-18-15-10-8-6-4-2/h27H,3-26,30H2,1-2H3,(H,33,34). The summed E-state index contributed by atoms with van der Waals surface area (Å²) >= 11 is 0. The molecule has 2 unspecified atom stereocenters. The number of carbonyl (C=O) groups is 2. The molecule has 2 atom stereocenters. The third-order valence-electron chi connectivity index (χ3n) is 6.49. The number of carbonyl (C=O) groups excluding carboxylic acids is 2. The van der Waals surface area contributed by atoms with Crippen molar-refractivity contribution in [3.8, 4) is 0 Å². The van der Waals surface area contributed by atoms with Crippen LogP contribution in [0.1, 0.15) is 142 Å². The highest BCUT2D eigenvalue weighted by atomic mass is 31.2. The third kappa shape index (κ3) is 27.0. The van der Waals surface area contributed by atoms with Crippen molar-refractivity contribution in [3.63, 3.8) is 0 Å². The van der Waals surface area contributed by atoms with Gasteiger partial charge in [0, 0.05) is 19.4 Å². The maximum absolute atomic E-state index is 12.3. The zero-order valence-corrected chi connectivity index (χ0v) is 25.8. The number of phosphoric ester groups is 1. The predicted octanol–water partition coefficient (Wildman–Crippen LogP) is 7.38. The maximum atomic E-state index is 12.3. The van der Waals surface area contributed by atoms with Gasteiger partial charge in [0.1, 0.15) is 6.61 Å². The molecular formula is C29H58NO8P. The molecule has 0 bridgehead atoms. The van der Waals surface area contributed by atoms with Crippen molar-refractivity contribution in [2.45, 2.75) is 148 Å². The van der Waals surface area contributed by atoms with E-state index in [2.05, 4.69) is 13.8 Å². The SMILES string of the molecule is CCCCCCCCCCCCCC(=O)OCC(COP(=O)(O)OCCN)OC(=O)CCCCCCCCC. The van der Waals surface area contributed by atoms with Gasteiger partial charge >= 0.3 is 19.8 Å². The lowest BCUT2D eigenvalue weighted by Crippen LogP contribution is -2.29. The highest BCUT2D eigenvalue weighted by Crippen LogP contribution is 2.43. The second-order valence-electron chi connectivity index (χ2n) is 10.3. The molecule has 0 spiro atoms. The Balaban J connectivity index is 4.29. The first kappa shape index (κ1) is 38.0. The van der Waals surface area contributed by atoms with E-state index in [-0.39, 0.29) is 38.6 Å². The summed E-state index contributed by atoms with van der Waals surface area (Å²) in [7, 11) is -4.35. The summed E-state index contributed by atoms with van der Waals surface area (Å²) in [6, 6.07) is 0. The van der Waals surface area contributed by atoms with Crippen LogP contribution in [0.15, 0.2) is 0 Å². The first-order valence-electron chi connectivity index (χ1n) is 15.5. The van der Waals surface area contributed by atoms with Gasteiger partial charge in [0.25, 0.3) is 0 Å². The normalized spacial score (nSPS) is 13.6. The van der Waals surface area contributed by atoms with Crippen molar-refractivity contribution in [1.29, 1.82) is 0 Å². The number of hydrogen-bond acceptors (Lipinski definition) is 8. The fourth-order valence-corrected chi connectivity index (χ4v) is 4.93. The summed E-state index contributed by atoms with van der Waals surface area (Å²) in [4.78, 5) is 34.3. The van der Waals surface area contributed by atoms with E-state index in [4.69, 9.17) is 24.3 Å². The minimum absolute atomic E-state index is 0.0570. The van der Waals surface area contributed by atoms with E-state index in [0.717, 1.165) is 38.5 Å². The summed E-state index contributed by atoms with van der Waals surface area (Å²) in [6.45, 7) is 3.65. The lowest BCUT2D eigenvalue weighted by atomic mass is 10.1. The van der Waals surface area contributed by atoms with Gasteiger partial charge in [-0.3, -0.25) is 18.6 Å². The van der Waals surface area contributed by atoms with Gasteiger partial charge in [-0.15, -0.1) is 0 Å². The largest absolute Gasteiger partial charge is 0.472 e. The average Bonchev–Trinajstić information content (AvgIpc) is 2.91. The molecule has 3 N–H and O–H groups in total. The highest BCUT2D eigenvalue weighted by molar-refractivity contribution is 7.47. The number of hydrogen-bond donors (Lipinski definition) is 2. The second-order valence-corrected chi connectivity index (χ2v) is 11.8. The Morgan fingerprint density at radius 3 is 1.56 bits per heavy atom. The minimum atomic E-state index is -4.35. The Kier molecular flexibility index (Phi) is 26.5. The smallest absolute Gasteiger partial charge is 0.462 e. The molecule has 0 aliphatic carbocycles. The molecule has 10 heteroatoms. The number of ether oxygens (including phenoxy) is 2. The summed E-state index contributed by atoms with van der Waals surface area (Å²) < 4.78 is 32.3. The Bertz CT molecular complexity index is 634. The van der Waals surface area contributed by atoms with Crippen molar-refractivity contribution < 1.29 is 37.6 Å². The molecule has 0 saturated carbocycles. The molecule has 0 aliphatic rings. The van der Waals surface area contributed by atoms with Crippen LogP contribution in [-0.4, -0.2) is 49.3 Å². The molecule has 0 heterocycles. The molecule has 0 aromatic carbocycles. The van der Waals surface area contributed by atoms with E-state index < -0.39 is 26.5 Å². The Morgan fingerprint density at radius 2 is 1.10 bits per heavy atom. The lowest BCUT2D eigenvalue weighted by molar-refractivity contribution is -0.161. The zero-order valence-electron chi connectivity index (χ0n) is 24.9. The van der Waals surface area contributed by atoms with E-state index in [1.165, 1.54) is 70.6 Å². The summed E-state index contributed by atoms with van der Waals surface area (Å²) in [5.74, 6) is -0.833. The van der Waals surface area contributed by atoms with Crippen LogP contribution in [-0.2, 0) is 32.7 Å². The predicted molar refractivity (Wildman–Crippen MR) is 155 cm³/mol. The number of esters is 2. The lowest BCUT2D eigenvalue weighted by Gasteiger charge is -2.19. The molecule has 0 saturated heterocycles. The summed E-state index contributed by atoms with van der Waals surface area (Å²) in [5, 5.41) is 0. The van der Waals surface area contributed by atoms with Gasteiger partial charge in [-0.25, -0.2) is 4.57 Å². The van der Waals surface area contributed by atoms with Gasteiger partial charge in [0.2, 0.25) is 0 Å². The molecule has 9 nitrogen and oxygen atoms in total. The quantitative estimate of drug-likeness (QED) is 0.0529. The van der Waals surface area contributed by atoms with Crippen LogP contribution in [0, 0.1) is 0 Å². The van der Waals surface area contributed by atoms with Crippen LogP contribution in [0.5, 0.6) is 0 Å². The molecule has 0 aromatic rings. The summed E-state index contributed by atoms with van der Waals surface area (Å²) in [5.41, 5.74) is 5.29. The van der Waals surface area contributed by atoms with E-state index in [9.17, 15) is 19.0 Å². The first-order valence-corrected chi connectivity index (χ1v) is 17.0. The molecule has 0 aliphatic heterocycles. The van der Waals surface area contributed by atoms with E-state index >= 15 is 0 Å². The van der Waals surface area contributed by atoms with Crippen LogP contribution in [0.3, 0.4) is 0 Å². The Morgan fingerprint density at radius 1 is 0.667 bits per heavy atom. The number of nitrogens with two attached hydrogens (primary N) is 1. The average molecular weight is 580 g/mol. The van der Waals surface area contributed by atoms with Crippen LogP contribution in [0.25, 0.3) is 0 Å². The van der Waals surface area contributed by atoms with E-state index in [1.807, 2.05) is 0 Å². The minimum Gasteiger partial charge on any atom is -0.462 e. The number of phosphoric acid groups is 1. The number of unbranched alkanes of at least 4 members (excludes halogenated alkanes) is 16. The van der Waals surface area contributed by atoms with Crippen LogP contribution >= 0.6 is 7.82 Å². The van der Waals surface area contributed by atoms with Gasteiger partial charge in [-0.2, -0.15) is 0 Å². The maximum Gasteiger partial charge on any atom is 0.472 e. The molecule has 0 radical (unpaired) electrons.